The maximum Gasteiger partial charge on any atom is 0.273 e. The van der Waals surface area contributed by atoms with Gasteiger partial charge in [0.15, 0.2) is 0 Å². The first kappa shape index (κ1) is 14.0. The van der Waals surface area contributed by atoms with Crippen molar-refractivity contribution in [3.63, 3.8) is 0 Å². The lowest BCUT2D eigenvalue weighted by Crippen LogP contribution is -2.49. The van der Waals surface area contributed by atoms with Crippen molar-refractivity contribution in [2.75, 3.05) is 19.6 Å². The smallest absolute Gasteiger partial charge is 0.273 e. The third-order valence-corrected chi connectivity index (χ3v) is 3.65. The molecule has 0 saturated carbocycles. The van der Waals surface area contributed by atoms with Crippen molar-refractivity contribution in [1.29, 1.82) is 0 Å². The van der Waals surface area contributed by atoms with Gasteiger partial charge < -0.3 is 10.2 Å². The number of pyridine rings is 1. The number of aromatic nitrogens is 1. The van der Waals surface area contributed by atoms with E-state index < -0.39 is 0 Å². The first-order chi connectivity index (χ1) is 9.24. The minimum atomic E-state index is 0.0775. The molecule has 4 nitrogen and oxygen atoms in total. The van der Waals surface area contributed by atoms with E-state index in [2.05, 4.69) is 17.2 Å². The molecular weight excluding hydrogens is 238 g/mol. The molecule has 104 valence electrons. The average Bonchev–Trinajstić information content (AvgIpc) is 2.45. The fourth-order valence-electron chi connectivity index (χ4n) is 2.64. The topological polar surface area (TPSA) is 45.2 Å². The number of amides is 1. The SMILES string of the molecule is CCCN(C(=O)c1ncccc1C)C1CCCNC1. The van der Waals surface area contributed by atoms with E-state index in [9.17, 15) is 4.79 Å². The molecule has 1 aromatic rings. The number of carbonyl (C=O) groups excluding carboxylic acids is 1. The first-order valence-corrected chi connectivity index (χ1v) is 7.17. The molecule has 0 spiro atoms. The van der Waals surface area contributed by atoms with Gasteiger partial charge in [0, 0.05) is 25.3 Å². The molecule has 0 aliphatic carbocycles. The Labute approximate surface area is 115 Å². The monoisotopic (exact) mass is 261 g/mol. The van der Waals surface area contributed by atoms with Gasteiger partial charge in [-0.3, -0.25) is 9.78 Å². The predicted octanol–water partition coefficient (Wildman–Crippen LogP) is 1.99. The highest BCUT2D eigenvalue weighted by Gasteiger charge is 2.26. The summed E-state index contributed by atoms with van der Waals surface area (Å²) < 4.78 is 0. The second-order valence-corrected chi connectivity index (χ2v) is 5.17. The Hall–Kier alpha value is -1.42. The fourth-order valence-corrected chi connectivity index (χ4v) is 2.64. The molecule has 1 fully saturated rings. The highest BCUT2D eigenvalue weighted by Crippen LogP contribution is 2.15. The summed E-state index contributed by atoms with van der Waals surface area (Å²) in [5, 5.41) is 3.38. The van der Waals surface area contributed by atoms with Gasteiger partial charge in [0.1, 0.15) is 5.69 Å². The van der Waals surface area contributed by atoms with Gasteiger partial charge in [0.25, 0.3) is 5.91 Å². The summed E-state index contributed by atoms with van der Waals surface area (Å²) in [6.45, 7) is 6.83. The second kappa shape index (κ2) is 6.66. The van der Waals surface area contributed by atoms with Gasteiger partial charge >= 0.3 is 0 Å². The van der Waals surface area contributed by atoms with Crippen LogP contribution >= 0.6 is 0 Å². The van der Waals surface area contributed by atoms with Gasteiger partial charge in [0.2, 0.25) is 0 Å². The average molecular weight is 261 g/mol. The van der Waals surface area contributed by atoms with Crippen molar-refractivity contribution in [3.8, 4) is 0 Å². The van der Waals surface area contributed by atoms with E-state index in [0.717, 1.165) is 44.5 Å². The van der Waals surface area contributed by atoms with Crippen molar-refractivity contribution in [2.45, 2.75) is 39.2 Å². The third-order valence-electron chi connectivity index (χ3n) is 3.65. The predicted molar refractivity (Wildman–Crippen MR) is 76.2 cm³/mol. The molecule has 1 N–H and O–H groups in total. The van der Waals surface area contributed by atoms with Crippen molar-refractivity contribution in [3.05, 3.63) is 29.6 Å². The van der Waals surface area contributed by atoms with Crippen molar-refractivity contribution in [2.24, 2.45) is 0 Å². The number of carbonyl (C=O) groups is 1. The molecule has 4 heteroatoms. The Bertz CT molecular complexity index is 427. The highest BCUT2D eigenvalue weighted by atomic mass is 16.2. The summed E-state index contributed by atoms with van der Waals surface area (Å²) in [4.78, 5) is 19.0. The van der Waals surface area contributed by atoms with E-state index in [-0.39, 0.29) is 5.91 Å². The maximum atomic E-state index is 12.7. The Morgan fingerprint density at radius 2 is 2.42 bits per heavy atom. The zero-order chi connectivity index (χ0) is 13.7. The first-order valence-electron chi connectivity index (χ1n) is 7.17. The number of nitrogens with one attached hydrogen (secondary N) is 1. The number of nitrogens with zero attached hydrogens (tertiary/aromatic N) is 2. The van der Waals surface area contributed by atoms with E-state index in [1.807, 2.05) is 24.0 Å². The molecule has 1 aliphatic rings. The quantitative estimate of drug-likeness (QED) is 0.901. The highest BCUT2D eigenvalue weighted by molar-refractivity contribution is 5.93. The summed E-state index contributed by atoms with van der Waals surface area (Å²) in [7, 11) is 0. The molecule has 19 heavy (non-hydrogen) atoms. The lowest BCUT2D eigenvalue weighted by molar-refractivity contribution is 0.0642. The number of hydrogen-bond acceptors (Lipinski definition) is 3. The fraction of sp³-hybridized carbons (Fsp3) is 0.600. The van der Waals surface area contributed by atoms with E-state index in [1.54, 1.807) is 6.20 Å². The van der Waals surface area contributed by atoms with Gasteiger partial charge in [-0.2, -0.15) is 0 Å². The number of hydrogen-bond donors (Lipinski definition) is 1. The zero-order valence-electron chi connectivity index (χ0n) is 11.9. The van der Waals surface area contributed by atoms with Crippen LogP contribution in [0.15, 0.2) is 18.3 Å². The van der Waals surface area contributed by atoms with Gasteiger partial charge in [-0.15, -0.1) is 0 Å². The van der Waals surface area contributed by atoms with E-state index in [4.69, 9.17) is 0 Å². The number of piperidine rings is 1. The molecular formula is C15H23N3O. The number of rotatable bonds is 4. The van der Waals surface area contributed by atoms with Crippen LogP contribution in [0.2, 0.25) is 0 Å². The zero-order valence-corrected chi connectivity index (χ0v) is 11.9. The van der Waals surface area contributed by atoms with Crippen LogP contribution in [0.1, 0.15) is 42.2 Å². The van der Waals surface area contributed by atoms with E-state index in [0.29, 0.717) is 11.7 Å². The van der Waals surface area contributed by atoms with Gasteiger partial charge in [-0.05, 0) is 44.4 Å². The van der Waals surface area contributed by atoms with Crippen LogP contribution in [0.3, 0.4) is 0 Å². The maximum absolute atomic E-state index is 12.7. The minimum Gasteiger partial charge on any atom is -0.333 e. The number of aryl methyl sites for hydroxylation is 1. The van der Waals surface area contributed by atoms with Crippen LogP contribution < -0.4 is 5.32 Å². The summed E-state index contributed by atoms with van der Waals surface area (Å²) in [6.07, 6.45) is 4.90. The largest absolute Gasteiger partial charge is 0.333 e. The molecule has 1 aliphatic heterocycles. The van der Waals surface area contributed by atoms with Crippen LogP contribution in [0.4, 0.5) is 0 Å². The minimum absolute atomic E-state index is 0.0775. The van der Waals surface area contributed by atoms with Crippen molar-refractivity contribution in [1.82, 2.24) is 15.2 Å². The van der Waals surface area contributed by atoms with E-state index >= 15 is 0 Å². The Morgan fingerprint density at radius 1 is 1.58 bits per heavy atom. The van der Waals surface area contributed by atoms with Crippen LogP contribution in [0, 0.1) is 6.92 Å². The van der Waals surface area contributed by atoms with Crippen molar-refractivity contribution >= 4 is 5.91 Å². The molecule has 1 unspecified atom stereocenters. The van der Waals surface area contributed by atoms with Crippen LogP contribution in [-0.2, 0) is 0 Å². The summed E-state index contributed by atoms with van der Waals surface area (Å²) in [5.74, 6) is 0.0775. The molecule has 2 heterocycles. The summed E-state index contributed by atoms with van der Waals surface area (Å²) in [6, 6.07) is 4.13. The normalized spacial score (nSPS) is 19.2. The summed E-state index contributed by atoms with van der Waals surface area (Å²) in [5.41, 5.74) is 1.55. The molecule has 1 aromatic heterocycles. The van der Waals surface area contributed by atoms with Crippen molar-refractivity contribution < 1.29 is 4.79 Å². The molecule has 1 saturated heterocycles. The standard InChI is InChI=1S/C15H23N3O/c1-3-10-18(13-7-5-8-16-11-13)15(19)14-12(2)6-4-9-17-14/h4,6,9,13,16H,3,5,7-8,10-11H2,1-2H3. The van der Waals surface area contributed by atoms with Crippen LogP contribution in [-0.4, -0.2) is 41.5 Å². The molecule has 0 radical (unpaired) electrons. The molecule has 1 amide bonds. The summed E-state index contributed by atoms with van der Waals surface area (Å²) >= 11 is 0. The molecule has 0 aromatic carbocycles. The second-order valence-electron chi connectivity index (χ2n) is 5.17. The third kappa shape index (κ3) is 3.32. The lowest BCUT2D eigenvalue weighted by atomic mass is 10.0. The molecule has 1 atom stereocenters. The van der Waals surface area contributed by atoms with Gasteiger partial charge in [-0.25, -0.2) is 0 Å². The molecule has 0 bridgehead atoms. The molecule has 2 rings (SSSR count). The Morgan fingerprint density at radius 3 is 3.05 bits per heavy atom. The van der Waals surface area contributed by atoms with Crippen LogP contribution in [0.5, 0.6) is 0 Å². The van der Waals surface area contributed by atoms with E-state index in [1.165, 1.54) is 0 Å². The van der Waals surface area contributed by atoms with Crippen LogP contribution in [0.25, 0.3) is 0 Å². The Balaban J connectivity index is 2.18. The Kier molecular flexibility index (Phi) is 4.91. The van der Waals surface area contributed by atoms with Gasteiger partial charge in [-0.1, -0.05) is 13.0 Å². The lowest BCUT2D eigenvalue weighted by Gasteiger charge is -2.34. The van der Waals surface area contributed by atoms with Gasteiger partial charge in [0.05, 0.1) is 0 Å².